The van der Waals surface area contributed by atoms with Crippen LogP contribution in [0.4, 0.5) is 15.8 Å². The fourth-order valence-corrected chi connectivity index (χ4v) is 2.87. The third-order valence-electron chi connectivity index (χ3n) is 4.42. The Kier molecular flexibility index (Phi) is 5.68. The lowest BCUT2D eigenvalue weighted by Gasteiger charge is -2.29. The standard InChI is InChI=1S/C21H23FN2O2/c1-23(2)18-7-3-16(4-8-18)5-10-21(25)17-6-9-20(19(22)15-17)24-11-13-26-14-12-24/h3-10,15H,11-14H2,1-2H3. The molecular formula is C21H23FN2O2. The number of benzene rings is 2. The van der Waals surface area contributed by atoms with E-state index in [2.05, 4.69) is 0 Å². The van der Waals surface area contributed by atoms with Crippen molar-refractivity contribution in [1.29, 1.82) is 0 Å². The molecule has 0 unspecified atom stereocenters. The van der Waals surface area contributed by atoms with E-state index in [0.29, 0.717) is 37.6 Å². The largest absolute Gasteiger partial charge is 0.378 e. The zero-order chi connectivity index (χ0) is 18.5. The van der Waals surface area contributed by atoms with E-state index in [4.69, 9.17) is 4.74 Å². The van der Waals surface area contributed by atoms with E-state index in [1.807, 2.05) is 48.2 Å². The van der Waals surface area contributed by atoms with E-state index in [1.165, 1.54) is 12.1 Å². The Balaban J connectivity index is 1.70. The quantitative estimate of drug-likeness (QED) is 0.606. The molecule has 0 bridgehead atoms. The van der Waals surface area contributed by atoms with Crippen molar-refractivity contribution >= 4 is 23.2 Å². The van der Waals surface area contributed by atoms with Gasteiger partial charge in [0.15, 0.2) is 5.78 Å². The van der Waals surface area contributed by atoms with Gasteiger partial charge in [-0.1, -0.05) is 18.2 Å². The number of anilines is 2. The van der Waals surface area contributed by atoms with Gasteiger partial charge in [-0.2, -0.15) is 0 Å². The second-order valence-corrected chi connectivity index (χ2v) is 6.45. The van der Waals surface area contributed by atoms with Crippen LogP contribution >= 0.6 is 0 Å². The van der Waals surface area contributed by atoms with Gasteiger partial charge in [0.1, 0.15) is 5.82 Å². The van der Waals surface area contributed by atoms with E-state index < -0.39 is 0 Å². The fourth-order valence-electron chi connectivity index (χ4n) is 2.87. The molecule has 0 saturated carbocycles. The minimum Gasteiger partial charge on any atom is -0.378 e. The maximum atomic E-state index is 14.4. The lowest BCUT2D eigenvalue weighted by molar-refractivity contribution is 0.104. The third kappa shape index (κ3) is 4.29. The van der Waals surface area contributed by atoms with Crippen molar-refractivity contribution in [3.63, 3.8) is 0 Å². The van der Waals surface area contributed by atoms with Gasteiger partial charge in [0.2, 0.25) is 0 Å². The van der Waals surface area contributed by atoms with E-state index >= 15 is 0 Å². The first-order valence-corrected chi connectivity index (χ1v) is 8.66. The van der Waals surface area contributed by atoms with Gasteiger partial charge < -0.3 is 14.5 Å². The molecule has 0 spiro atoms. The number of carbonyl (C=O) groups excluding carboxylic acids is 1. The van der Waals surface area contributed by atoms with Crippen molar-refractivity contribution in [2.45, 2.75) is 0 Å². The molecule has 2 aromatic carbocycles. The molecule has 1 aliphatic rings. The number of ether oxygens (including phenoxy) is 1. The number of carbonyl (C=O) groups is 1. The smallest absolute Gasteiger partial charge is 0.185 e. The number of ketones is 1. The summed E-state index contributed by atoms with van der Waals surface area (Å²) in [5.74, 6) is -0.587. The number of rotatable bonds is 5. The highest BCUT2D eigenvalue weighted by atomic mass is 19.1. The number of halogens is 1. The van der Waals surface area contributed by atoms with E-state index in [1.54, 1.807) is 18.2 Å². The Hall–Kier alpha value is -2.66. The topological polar surface area (TPSA) is 32.8 Å². The Labute approximate surface area is 153 Å². The van der Waals surface area contributed by atoms with Crippen LogP contribution in [-0.4, -0.2) is 46.2 Å². The van der Waals surface area contributed by atoms with Crippen LogP contribution in [-0.2, 0) is 4.74 Å². The van der Waals surface area contributed by atoms with Crippen LogP contribution in [0, 0.1) is 5.82 Å². The predicted molar refractivity (Wildman–Crippen MR) is 104 cm³/mol. The van der Waals surface area contributed by atoms with Gasteiger partial charge in [0.25, 0.3) is 0 Å². The normalized spacial score (nSPS) is 14.7. The van der Waals surface area contributed by atoms with Crippen molar-refractivity contribution in [1.82, 2.24) is 0 Å². The molecule has 0 N–H and O–H groups in total. The summed E-state index contributed by atoms with van der Waals surface area (Å²) in [7, 11) is 3.95. The number of allylic oxidation sites excluding steroid dienone is 1. The molecule has 5 heteroatoms. The summed E-state index contributed by atoms with van der Waals surface area (Å²) in [6.45, 7) is 2.51. The monoisotopic (exact) mass is 354 g/mol. The average molecular weight is 354 g/mol. The van der Waals surface area contributed by atoms with E-state index in [0.717, 1.165) is 11.3 Å². The molecule has 1 heterocycles. The molecule has 0 atom stereocenters. The molecule has 26 heavy (non-hydrogen) atoms. The van der Waals surface area contributed by atoms with Crippen LogP contribution in [0.5, 0.6) is 0 Å². The molecular weight excluding hydrogens is 331 g/mol. The molecule has 0 aromatic heterocycles. The van der Waals surface area contributed by atoms with Crippen LogP contribution < -0.4 is 9.80 Å². The van der Waals surface area contributed by atoms with Gasteiger partial charge >= 0.3 is 0 Å². The summed E-state index contributed by atoms with van der Waals surface area (Å²) in [5, 5.41) is 0. The first-order chi connectivity index (χ1) is 12.5. The zero-order valence-electron chi connectivity index (χ0n) is 15.1. The number of hydrogen-bond acceptors (Lipinski definition) is 4. The van der Waals surface area contributed by atoms with Crippen LogP contribution in [0.1, 0.15) is 15.9 Å². The SMILES string of the molecule is CN(C)c1ccc(C=CC(=O)c2ccc(N3CCOCC3)c(F)c2)cc1. The first-order valence-electron chi connectivity index (χ1n) is 8.66. The van der Waals surface area contributed by atoms with Crippen LogP contribution in [0.3, 0.4) is 0 Å². The van der Waals surface area contributed by atoms with Crippen molar-refractivity contribution in [2.75, 3.05) is 50.2 Å². The minimum atomic E-state index is -0.374. The molecule has 4 nitrogen and oxygen atoms in total. The summed E-state index contributed by atoms with van der Waals surface area (Å²) in [6.07, 6.45) is 3.23. The van der Waals surface area contributed by atoms with E-state index in [-0.39, 0.29) is 11.6 Å². The van der Waals surface area contributed by atoms with Crippen molar-refractivity contribution in [3.8, 4) is 0 Å². The van der Waals surface area contributed by atoms with Crippen molar-refractivity contribution in [3.05, 3.63) is 65.5 Å². The molecule has 0 amide bonds. The molecule has 0 radical (unpaired) electrons. The Morgan fingerprint density at radius 1 is 1.12 bits per heavy atom. The highest BCUT2D eigenvalue weighted by Crippen LogP contribution is 2.22. The summed E-state index contributed by atoms with van der Waals surface area (Å²) >= 11 is 0. The fraction of sp³-hybridized carbons (Fsp3) is 0.286. The number of morpholine rings is 1. The summed E-state index contributed by atoms with van der Waals surface area (Å²) in [5.41, 5.74) is 2.89. The van der Waals surface area contributed by atoms with Gasteiger partial charge in [0, 0.05) is 38.4 Å². The second-order valence-electron chi connectivity index (χ2n) is 6.45. The van der Waals surface area contributed by atoms with Gasteiger partial charge in [-0.15, -0.1) is 0 Å². The molecule has 1 fully saturated rings. The maximum Gasteiger partial charge on any atom is 0.185 e. The molecule has 1 aliphatic heterocycles. The van der Waals surface area contributed by atoms with Crippen molar-refractivity contribution in [2.24, 2.45) is 0 Å². The van der Waals surface area contributed by atoms with Gasteiger partial charge in [-0.3, -0.25) is 4.79 Å². The number of hydrogen-bond donors (Lipinski definition) is 0. The molecule has 0 aliphatic carbocycles. The number of nitrogens with zero attached hydrogens (tertiary/aromatic N) is 2. The first kappa shape index (κ1) is 18.1. The van der Waals surface area contributed by atoms with Gasteiger partial charge in [-0.05, 0) is 42.0 Å². The summed E-state index contributed by atoms with van der Waals surface area (Å²) < 4.78 is 19.7. The molecule has 1 saturated heterocycles. The third-order valence-corrected chi connectivity index (χ3v) is 4.42. The van der Waals surface area contributed by atoms with Crippen molar-refractivity contribution < 1.29 is 13.9 Å². The molecule has 2 aromatic rings. The maximum absolute atomic E-state index is 14.4. The molecule has 3 rings (SSSR count). The highest BCUT2D eigenvalue weighted by Gasteiger charge is 2.16. The summed E-state index contributed by atoms with van der Waals surface area (Å²) in [6, 6.07) is 12.5. The van der Waals surface area contributed by atoms with Gasteiger partial charge in [0.05, 0.1) is 18.9 Å². The predicted octanol–water partition coefficient (Wildman–Crippen LogP) is 3.62. The Morgan fingerprint density at radius 2 is 1.81 bits per heavy atom. The Bertz CT molecular complexity index is 794. The van der Waals surface area contributed by atoms with Crippen LogP contribution in [0.15, 0.2) is 48.5 Å². The van der Waals surface area contributed by atoms with Crippen LogP contribution in [0.2, 0.25) is 0 Å². The summed E-state index contributed by atoms with van der Waals surface area (Å²) in [4.78, 5) is 16.3. The minimum absolute atomic E-state index is 0.214. The highest BCUT2D eigenvalue weighted by molar-refractivity contribution is 6.07. The lowest BCUT2D eigenvalue weighted by atomic mass is 10.1. The van der Waals surface area contributed by atoms with Gasteiger partial charge in [-0.25, -0.2) is 4.39 Å². The zero-order valence-corrected chi connectivity index (χ0v) is 15.1. The lowest BCUT2D eigenvalue weighted by Crippen LogP contribution is -2.36. The molecule has 136 valence electrons. The van der Waals surface area contributed by atoms with Crippen LogP contribution in [0.25, 0.3) is 6.08 Å². The second kappa shape index (κ2) is 8.15. The Morgan fingerprint density at radius 3 is 2.42 bits per heavy atom. The van der Waals surface area contributed by atoms with E-state index in [9.17, 15) is 9.18 Å². The average Bonchev–Trinajstić information content (AvgIpc) is 2.67.